The molecule has 1 heterocycles. The molecule has 1 N–H and O–H groups in total. The first kappa shape index (κ1) is 8.01. The molecule has 13 heavy (non-hydrogen) atoms. The zero-order valence-corrected chi connectivity index (χ0v) is 8.97. The summed E-state index contributed by atoms with van der Waals surface area (Å²) in [6, 6.07) is 8.77. The third kappa shape index (κ3) is 1.09. The Morgan fingerprint density at radius 3 is 3.00 bits per heavy atom. The van der Waals surface area contributed by atoms with Gasteiger partial charge in [-0.25, -0.2) is 0 Å². The van der Waals surface area contributed by atoms with Crippen molar-refractivity contribution in [3.63, 3.8) is 0 Å². The minimum Gasteiger partial charge on any atom is -0.316 e. The smallest absolute Gasteiger partial charge is 0.0178 e. The van der Waals surface area contributed by atoms with Crippen LogP contribution in [0.1, 0.15) is 12.0 Å². The molecular weight excluding hydrogens is 226 g/mol. The quantitative estimate of drug-likeness (QED) is 0.791. The van der Waals surface area contributed by atoms with Crippen molar-refractivity contribution in [2.45, 2.75) is 11.8 Å². The molecule has 1 aliphatic heterocycles. The van der Waals surface area contributed by atoms with Gasteiger partial charge in [0, 0.05) is 16.4 Å². The van der Waals surface area contributed by atoms with Gasteiger partial charge in [-0.15, -0.1) is 0 Å². The molecule has 68 valence electrons. The van der Waals surface area contributed by atoms with Gasteiger partial charge in [-0.1, -0.05) is 28.1 Å². The minimum atomic E-state index is 0.504. The van der Waals surface area contributed by atoms with Crippen LogP contribution in [0, 0.1) is 5.92 Å². The van der Waals surface area contributed by atoms with Crippen molar-refractivity contribution in [1.82, 2.24) is 5.32 Å². The maximum absolute atomic E-state index is 3.53. The van der Waals surface area contributed by atoms with Crippen LogP contribution < -0.4 is 5.32 Å². The van der Waals surface area contributed by atoms with E-state index < -0.39 is 0 Å². The molecule has 2 aliphatic rings. The number of hydrogen-bond donors (Lipinski definition) is 1. The molecule has 0 radical (unpaired) electrons. The third-order valence-electron chi connectivity index (χ3n) is 3.46. The topological polar surface area (TPSA) is 12.0 Å². The lowest BCUT2D eigenvalue weighted by Gasteiger charge is -2.12. The molecule has 2 fully saturated rings. The summed E-state index contributed by atoms with van der Waals surface area (Å²) in [6.07, 6.45) is 1.39. The number of benzene rings is 1. The van der Waals surface area contributed by atoms with E-state index in [1.54, 1.807) is 0 Å². The van der Waals surface area contributed by atoms with Gasteiger partial charge in [0.2, 0.25) is 0 Å². The summed E-state index contributed by atoms with van der Waals surface area (Å²) >= 11 is 3.53. The Labute approximate surface area is 86.7 Å². The van der Waals surface area contributed by atoms with Crippen molar-refractivity contribution in [2.75, 3.05) is 13.1 Å². The third-order valence-corrected chi connectivity index (χ3v) is 3.96. The molecular formula is C11H12BrN. The molecule has 1 nitrogen and oxygen atoms in total. The summed E-state index contributed by atoms with van der Waals surface area (Å²) in [5.74, 6) is 0.904. The summed E-state index contributed by atoms with van der Waals surface area (Å²) in [5.41, 5.74) is 2.01. The van der Waals surface area contributed by atoms with E-state index in [9.17, 15) is 0 Å². The number of nitrogens with one attached hydrogen (secondary N) is 1. The molecule has 0 amide bonds. The summed E-state index contributed by atoms with van der Waals surface area (Å²) < 4.78 is 1.21. The average molecular weight is 238 g/mol. The van der Waals surface area contributed by atoms with E-state index in [1.165, 1.54) is 29.5 Å². The number of piperidine rings is 1. The lowest BCUT2D eigenvalue weighted by molar-refractivity contribution is 0.675. The van der Waals surface area contributed by atoms with E-state index >= 15 is 0 Å². The van der Waals surface area contributed by atoms with Crippen molar-refractivity contribution in [2.24, 2.45) is 5.92 Å². The Balaban J connectivity index is 2.01. The van der Waals surface area contributed by atoms with E-state index in [0.29, 0.717) is 5.41 Å². The second-order valence-corrected chi connectivity index (χ2v) is 5.11. The van der Waals surface area contributed by atoms with Crippen molar-refractivity contribution in [3.05, 3.63) is 34.3 Å². The maximum atomic E-state index is 3.53. The van der Waals surface area contributed by atoms with Crippen LogP contribution in [0.4, 0.5) is 0 Å². The second kappa shape index (κ2) is 2.58. The van der Waals surface area contributed by atoms with Crippen LogP contribution in [0.15, 0.2) is 28.7 Å². The van der Waals surface area contributed by atoms with E-state index in [0.717, 1.165) is 5.92 Å². The molecule has 1 saturated carbocycles. The van der Waals surface area contributed by atoms with Gasteiger partial charge in [0.25, 0.3) is 0 Å². The summed E-state index contributed by atoms with van der Waals surface area (Å²) in [7, 11) is 0. The highest BCUT2D eigenvalue weighted by Gasteiger charge is 2.57. The monoisotopic (exact) mass is 237 g/mol. The lowest BCUT2D eigenvalue weighted by Crippen LogP contribution is -2.19. The molecule has 1 aliphatic carbocycles. The molecule has 0 spiro atoms. The second-order valence-electron chi connectivity index (χ2n) is 4.20. The zero-order chi connectivity index (χ0) is 8.89. The van der Waals surface area contributed by atoms with Crippen molar-refractivity contribution in [1.29, 1.82) is 0 Å². The van der Waals surface area contributed by atoms with E-state index in [4.69, 9.17) is 0 Å². The van der Waals surface area contributed by atoms with Gasteiger partial charge in [0.15, 0.2) is 0 Å². The fraction of sp³-hybridized carbons (Fsp3) is 0.455. The van der Waals surface area contributed by atoms with E-state index in [2.05, 4.69) is 45.5 Å². The molecule has 1 saturated heterocycles. The molecule has 0 aromatic heterocycles. The number of fused-ring (bicyclic) bond motifs is 1. The standard InChI is InChI=1S/C11H12BrN/c12-10-3-1-2-8(4-10)11-5-9(11)6-13-7-11/h1-4,9,13H,5-7H2. The van der Waals surface area contributed by atoms with Crippen molar-refractivity contribution >= 4 is 15.9 Å². The predicted octanol–water partition coefficient (Wildman–Crippen LogP) is 2.31. The first-order valence-electron chi connectivity index (χ1n) is 4.78. The fourth-order valence-corrected chi connectivity index (χ4v) is 2.99. The van der Waals surface area contributed by atoms with Crippen LogP contribution in [-0.2, 0) is 5.41 Å². The van der Waals surface area contributed by atoms with Gasteiger partial charge >= 0.3 is 0 Å². The van der Waals surface area contributed by atoms with Gasteiger partial charge in [-0.2, -0.15) is 0 Å². The summed E-state index contributed by atoms with van der Waals surface area (Å²) in [6.45, 7) is 2.39. The largest absolute Gasteiger partial charge is 0.316 e. The maximum Gasteiger partial charge on any atom is 0.0178 e. The fourth-order valence-electron chi connectivity index (χ4n) is 2.59. The van der Waals surface area contributed by atoms with Gasteiger partial charge in [0.05, 0.1) is 0 Å². The Hall–Kier alpha value is -0.340. The Bertz CT molecular complexity index is 350. The first-order chi connectivity index (χ1) is 6.31. The number of hydrogen-bond acceptors (Lipinski definition) is 1. The van der Waals surface area contributed by atoms with Crippen LogP contribution in [0.2, 0.25) is 0 Å². The normalized spacial score (nSPS) is 35.9. The minimum absolute atomic E-state index is 0.504. The highest BCUT2D eigenvalue weighted by atomic mass is 79.9. The van der Waals surface area contributed by atoms with Gasteiger partial charge in [-0.3, -0.25) is 0 Å². The average Bonchev–Trinajstić information content (AvgIpc) is 2.70. The molecule has 2 heteroatoms. The summed E-state index contributed by atoms with van der Waals surface area (Å²) in [5, 5.41) is 3.47. The highest BCUT2D eigenvalue weighted by molar-refractivity contribution is 9.10. The Morgan fingerprint density at radius 2 is 2.38 bits per heavy atom. The van der Waals surface area contributed by atoms with Crippen LogP contribution in [0.5, 0.6) is 0 Å². The van der Waals surface area contributed by atoms with Gasteiger partial charge < -0.3 is 5.32 Å². The van der Waals surface area contributed by atoms with Crippen LogP contribution >= 0.6 is 15.9 Å². The SMILES string of the molecule is Brc1cccc(C23CNCC2C3)c1. The Morgan fingerprint density at radius 1 is 1.46 bits per heavy atom. The van der Waals surface area contributed by atoms with Crippen LogP contribution in [0.3, 0.4) is 0 Å². The van der Waals surface area contributed by atoms with Gasteiger partial charge in [0.1, 0.15) is 0 Å². The molecule has 3 rings (SSSR count). The van der Waals surface area contributed by atoms with Crippen LogP contribution in [0.25, 0.3) is 0 Å². The molecule has 1 aromatic carbocycles. The lowest BCUT2D eigenvalue weighted by atomic mass is 9.95. The zero-order valence-electron chi connectivity index (χ0n) is 7.39. The first-order valence-corrected chi connectivity index (χ1v) is 5.57. The molecule has 2 unspecified atom stereocenters. The molecule has 2 atom stereocenters. The predicted molar refractivity (Wildman–Crippen MR) is 56.8 cm³/mol. The molecule has 0 bridgehead atoms. The van der Waals surface area contributed by atoms with Crippen LogP contribution in [-0.4, -0.2) is 13.1 Å². The van der Waals surface area contributed by atoms with E-state index in [1.807, 2.05) is 0 Å². The number of halogens is 1. The number of rotatable bonds is 1. The molecule has 1 aromatic rings. The van der Waals surface area contributed by atoms with E-state index in [-0.39, 0.29) is 0 Å². The highest BCUT2D eigenvalue weighted by Crippen LogP contribution is 2.56. The van der Waals surface area contributed by atoms with Crippen molar-refractivity contribution < 1.29 is 0 Å². The van der Waals surface area contributed by atoms with Gasteiger partial charge in [-0.05, 0) is 36.6 Å². The summed E-state index contributed by atoms with van der Waals surface area (Å²) in [4.78, 5) is 0. The Kier molecular flexibility index (Phi) is 1.59. The van der Waals surface area contributed by atoms with Crippen molar-refractivity contribution in [3.8, 4) is 0 Å².